The second kappa shape index (κ2) is 10.1. The van der Waals surface area contributed by atoms with Crippen molar-refractivity contribution in [3.63, 3.8) is 0 Å². The fourth-order valence-corrected chi connectivity index (χ4v) is 3.99. The third kappa shape index (κ3) is 5.60. The number of aliphatic hydroxyl groups is 1. The molecule has 1 aromatic rings. The number of amides is 1. The van der Waals surface area contributed by atoms with Crippen LogP contribution in [0.5, 0.6) is 0 Å². The predicted molar refractivity (Wildman–Crippen MR) is 117 cm³/mol. The van der Waals surface area contributed by atoms with Crippen LogP contribution in [-0.2, 0) is 0 Å². The number of carbonyl (C=O) groups is 1. The van der Waals surface area contributed by atoms with Crippen LogP contribution in [0, 0.1) is 11.8 Å². The first kappa shape index (κ1) is 22.5. The van der Waals surface area contributed by atoms with E-state index in [1.165, 1.54) is 0 Å². The van der Waals surface area contributed by atoms with E-state index < -0.39 is 5.60 Å². The van der Waals surface area contributed by atoms with Gasteiger partial charge in [-0.2, -0.15) is 0 Å². The van der Waals surface area contributed by atoms with Crippen molar-refractivity contribution in [1.29, 1.82) is 0 Å². The molecule has 4 heteroatoms. The molecule has 1 atom stereocenters. The number of carbonyl (C=O) groups excluding carboxylic acids is 1. The quantitative estimate of drug-likeness (QED) is 0.717. The summed E-state index contributed by atoms with van der Waals surface area (Å²) in [6.07, 6.45) is 11.3. The molecule has 1 fully saturated rings. The van der Waals surface area contributed by atoms with Crippen LogP contribution in [-0.4, -0.2) is 39.6 Å². The van der Waals surface area contributed by atoms with E-state index in [0.29, 0.717) is 17.5 Å². The second-order valence-electron chi connectivity index (χ2n) is 8.38. The molecule has 1 aliphatic heterocycles. The molecule has 0 spiro atoms. The van der Waals surface area contributed by atoms with Crippen molar-refractivity contribution in [2.45, 2.75) is 71.8 Å². The molecule has 2 heterocycles. The average Bonchev–Trinajstić information content (AvgIpc) is 3.10. The second-order valence-corrected chi connectivity index (χ2v) is 8.38. The minimum atomic E-state index is -0.549. The lowest BCUT2D eigenvalue weighted by molar-refractivity contribution is -0.00132. The number of aromatic nitrogens is 1. The number of hydrogen-bond acceptors (Lipinski definition) is 2. The maximum absolute atomic E-state index is 13.0. The molecule has 1 saturated heterocycles. The van der Waals surface area contributed by atoms with E-state index in [2.05, 4.69) is 45.3 Å². The zero-order chi connectivity index (χ0) is 20.7. The molecule has 2 rings (SSSR count). The smallest absolute Gasteiger partial charge is 0.270 e. The molecule has 0 bridgehead atoms. The van der Waals surface area contributed by atoms with Gasteiger partial charge in [-0.25, -0.2) is 0 Å². The highest BCUT2D eigenvalue weighted by Crippen LogP contribution is 2.30. The average molecular weight is 387 g/mol. The Hall–Kier alpha value is -1.81. The number of H-pyrrole nitrogens is 1. The fourth-order valence-electron chi connectivity index (χ4n) is 3.99. The third-order valence-corrected chi connectivity index (χ3v) is 6.39. The Morgan fingerprint density at radius 1 is 1.36 bits per heavy atom. The zero-order valence-corrected chi connectivity index (χ0v) is 18.1. The summed E-state index contributed by atoms with van der Waals surface area (Å²) in [6, 6.07) is 1.94. The number of rotatable bonds is 8. The Kier molecular flexibility index (Phi) is 8.11. The summed E-state index contributed by atoms with van der Waals surface area (Å²) in [5, 5.41) is 12.6. The summed E-state index contributed by atoms with van der Waals surface area (Å²) in [6.45, 7) is 13.8. The van der Waals surface area contributed by atoms with Crippen LogP contribution in [0.4, 0.5) is 0 Å². The van der Waals surface area contributed by atoms with Crippen molar-refractivity contribution < 1.29 is 9.90 Å². The highest BCUT2D eigenvalue weighted by atomic mass is 16.3. The Morgan fingerprint density at radius 3 is 2.54 bits per heavy atom. The van der Waals surface area contributed by atoms with Gasteiger partial charge in [-0.05, 0) is 55.2 Å². The Morgan fingerprint density at radius 2 is 2.00 bits per heavy atom. The standard InChI is InChI=1S/C24H38N2O2/c1-6-10-20-16-22(25-21(20)15-18(5)7-2)23(27)26-13-11-19(12-14-26)17-24(28,8-3)9-4/h6,10,15-16,18-19,25,28H,1,7-9,11-14,17H2,2-5H3/b20-10-,21-15+. The molecule has 156 valence electrons. The molecule has 1 aliphatic rings. The topological polar surface area (TPSA) is 56.3 Å². The zero-order valence-electron chi connectivity index (χ0n) is 18.1. The molecule has 0 aromatic carbocycles. The van der Waals surface area contributed by atoms with E-state index >= 15 is 0 Å². The molecule has 0 radical (unpaired) electrons. The molecule has 1 amide bonds. The summed E-state index contributed by atoms with van der Waals surface area (Å²) in [5.74, 6) is 1.02. The third-order valence-electron chi connectivity index (χ3n) is 6.39. The first-order chi connectivity index (χ1) is 13.4. The molecular formula is C24H38N2O2. The van der Waals surface area contributed by atoms with Crippen molar-refractivity contribution in [2.24, 2.45) is 11.8 Å². The first-order valence-electron chi connectivity index (χ1n) is 10.9. The lowest BCUT2D eigenvalue weighted by Crippen LogP contribution is -2.41. The van der Waals surface area contributed by atoms with Gasteiger partial charge < -0.3 is 15.0 Å². The summed E-state index contributed by atoms with van der Waals surface area (Å²) < 4.78 is 0. The number of likely N-dealkylation sites (tertiary alicyclic amines) is 1. The number of nitrogens with one attached hydrogen (secondary N) is 1. The summed E-state index contributed by atoms with van der Waals surface area (Å²) in [7, 11) is 0. The molecular weight excluding hydrogens is 348 g/mol. The summed E-state index contributed by atoms with van der Waals surface area (Å²) in [5.41, 5.74) is 0.103. The van der Waals surface area contributed by atoms with Gasteiger partial charge in [0, 0.05) is 18.4 Å². The number of aromatic amines is 1. The van der Waals surface area contributed by atoms with Gasteiger partial charge in [0.05, 0.1) is 5.60 Å². The van der Waals surface area contributed by atoms with Gasteiger partial charge in [-0.1, -0.05) is 58.9 Å². The maximum Gasteiger partial charge on any atom is 0.270 e. The number of hydrogen-bond donors (Lipinski definition) is 2. The van der Waals surface area contributed by atoms with Crippen molar-refractivity contribution in [3.8, 4) is 0 Å². The van der Waals surface area contributed by atoms with E-state index in [1.807, 2.05) is 17.0 Å². The van der Waals surface area contributed by atoms with Crippen molar-refractivity contribution in [1.82, 2.24) is 9.88 Å². The molecule has 2 N–H and O–H groups in total. The molecule has 1 aromatic heterocycles. The Labute approximate surface area is 170 Å². The van der Waals surface area contributed by atoms with E-state index in [-0.39, 0.29) is 5.91 Å². The number of piperidine rings is 1. The molecule has 4 nitrogen and oxygen atoms in total. The van der Waals surface area contributed by atoms with Crippen molar-refractivity contribution in [3.05, 3.63) is 35.0 Å². The number of allylic oxidation sites excluding steroid dienone is 1. The van der Waals surface area contributed by atoms with Gasteiger partial charge in [0.1, 0.15) is 5.69 Å². The van der Waals surface area contributed by atoms with Gasteiger partial charge >= 0.3 is 0 Å². The monoisotopic (exact) mass is 386 g/mol. The van der Waals surface area contributed by atoms with E-state index in [0.717, 1.165) is 62.2 Å². The van der Waals surface area contributed by atoms with E-state index in [1.54, 1.807) is 6.08 Å². The van der Waals surface area contributed by atoms with E-state index in [4.69, 9.17) is 0 Å². The van der Waals surface area contributed by atoms with Gasteiger partial charge in [-0.15, -0.1) is 0 Å². The first-order valence-corrected chi connectivity index (χ1v) is 10.9. The van der Waals surface area contributed by atoms with Gasteiger partial charge in [-0.3, -0.25) is 4.79 Å². The molecule has 0 saturated carbocycles. The highest BCUT2D eigenvalue weighted by molar-refractivity contribution is 5.92. The maximum atomic E-state index is 13.0. The molecule has 1 unspecified atom stereocenters. The predicted octanol–water partition coefficient (Wildman–Crippen LogP) is 3.60. The minimum Gasteiger partial charge on any atom is -0.390 e. The summed E-state index contributed by atoms with van der Waals surface area (Å²) >= 11 is 0. The Balaban J connectivity index is 2.10. The minimum absolute atomic E-state index is 0.0715. The molecule has 28 heavy (non-hydrogen) atoms. The Bertz CT molecular complexity index is 765. The molecule has 0 aliphatic carbocycles. The van der Waals surface area contributed by atoms with Gasteiger partial charge in [0.25, 0.3) is 5.91 Å². The van der Waals surface area contributed by atoms with Crippen LogP contribution in [0.3, 0.4) is 0 Å². The van der Waals surface area contributed by atoms with Crippen LogP contribution in [0.25, 0.3) is 12.2 Å². The fraction of sp³-hybridized carbons (Fsp3) is 0.625. The number of nitrogens with zero attached hydrogens (tertiary/aromatic N) is 1. The lowest BCUT2D eigenvalue weighted by Gasteiger charge is -2.36. The van der Waals surface area contributed by atoms with Crippen LogP contribution < -0.4 is 10.6 Å². The highest BCUT2D eigenvalue weighted by Gasteiger charge is 2.30. The SMILES string of the molecule is C=C/C=c1/cc(C(=O)N2CCC(CC(O)(CC)CC)CC2)[nH]/c1=C/C(C)CC. The van der Waals surface area contributed by atoms with Crippen LogP contribution in [0.2, 0.25) is 0 Å². The normalized spacial score (nSPS) is 18.5. The largest absolute Gasteiger partial charge is 0.390 e. The summed E-state index contributed by atoms with van der Waals surface area (Å²) in [4.78, 5) is 18.3. The van der Waals surface area contributed by atoms with Crippen LogP contribution in [0.1, 0.15) is 76.7 Å². The van der Waals surface area contributed by atoms with Crippen molar-refractivity contribution >= 4 is 18.1 Å². The van der Waals surface area contributed by atoms with E-state index in [9.17, 15) is 9.90 Å². The lowest BCUT2D eigenvalue weighted by atomic mass is 9.82. The van der Waals surface area contributed by atoms with Crippen LogP contribution >= 0.6 is 0 Å². The van der Waals surface area contributed by atoms with Crippen LogP contribution in [0.15, 0.2) is 18.7 Å². The van der Waals surface area contributed by atoms with Gasteiger partial charge in [0.15, 0.2) is 0 Å². The van der Waals surface area contributed by atoms with Crippen molar-refractivity contribution in [2.75, 3.05) is 13.1 Å². The van der Waals surface area contributed by atoms with Gasteiger partial charge in [0.2, 0.25) is 0 Å².